The number of methoxy groups -OCH3 is 2. The molecule has 0 bridgehead atoms. The summed E-state index contributed by atoms with van der Waals surface area (Å²) in [5, 5.41) is 9.27. The summed E-state index contributed by atoms with van der Waals surface area (Å²) in [6, 6.07) is 5.45. The third kappa shape index (κ3) is 12.6. The first-order valence-electron chi connectivity index (χ1n) is 16.7. The van der Waals surface area contributed by atoms with E-state index in [4.69, 9.17) is 18.9 Å². The van der Waals surface area contributed by atoms with E-state index in [0.717, 1.165) is 46.3 Å². The Labute approximate surface area is 340 Å². The molecule has 24 heteroatoms. The van der Waals surface area contributed by atoms with Crippen molar-refractivity contribution in [2.45, 2.75) is 65.3 Å². The van der Waals surface area contributed by atoms with Gasteiger partial charge in [-0.2, -0.15) is 35.1 Å². The van der Waals surface area contributed by atoms with Crippen LogP contribution in [0.4, 0.5) is 61.5 Å². The van der Waals surface area contributed by atoms with Gasteiger partial charge in [0.25, 0.3) is 0 Å². The van der Waals surface area contributed by atoms with Crippen molar-refractivity contribution in [1.29, 1.82) is 0 Å². The largest absolute Gasteiger partial charge is 0.573 e. The molecule has 0 saturated heterocycles. The number of carboxylic acids is 1. The number of hydrogen-bond donors (Lipinski definition) is 1. The first-order chi connectivity index (χ1) is 28.2. The quantitative estimate of drug-likeness (QED) is 0.122. The van der Waals surface area contributed by atoms with Crippen LogP contribution in [0.25, 0.3) is 0 Å². The molecule has 0 aliphatic carbocycles. The summed E-state index contributed by atoms with van der Waals surface area (Å²) in [6.07, 6.45) is -20.0. The van der Waals surface area contributed by atoms with Gasteiger partial charge in [-0.05, 0) is 94.3 Å². The van der Waals surface area contributed by atoms with Crippen molar-refractivity contribution in [3.8, 4) is 46.0 Å². The van der Waals surface area contributed by atoms with E-state index >= 15 is 0 Å². The Kier molecular flexibility index (Phi) is 14.8. The second-order valence-electron chi connectivity index (χ2n) is 13.1. The summed E-state index contributed by atoms with van der Waals surface area (Å²) in [6.45, 7) is 6.40. The summed E-state index contributed by atoms with van der Waals surface area (Å²) >= 11 is 0. The normalized spacial score (nSPS) is 12.1. The highest BCUT2D eigenvalue weighted by atomic mass is 19.4. The van der Waals surface area contributed by atoms with Crippen LogP contribution >= 0.6 is 0 Å². The molecular formula is C38H30F14O10. The number of aromatic carboxylic acids is 1. The van der Waals surface area contributed by atoms with Gasteiger partial charge >= 0.3 is 37.0 Å². The minimum Gasteiger partial charge on any atom is -0.490 e. The van der Waals surface area contributed by atoms with Crippen molar-refractivity contribution < 1.29 is 109 Å². The van der Waals surface area contributed by atoms with Gasteiger partial charge in [0.15, 0.2) is 23.0 Å². The van der Waals surface area contributed by atoms with E-state index in [0.29, 0.717) is 30.3 Å². The van der Waals surface area contributed by atoms with Crippen LogP contribution in [-0.4, -0.2) is 49.6 Å². The second-order valence-corrected chi connectivity index (χ2v) is 13.1. The molecule has 4 aromatic rings. The maximum atomic E-state index is 14.5. The molecule has 4 aromatic carbocycles. The van der Waals surface area contributed by atoms with Gasteiger partial charge in [-0.15, -0.1) is 26.3 Å². The van der Waals surface area contributed by atoms with E-state index in [2.05, 4.69) is 14.2 Å². The van der Waals surface area contributed by atoms with E-state index in [9.17, 15) is 76.2 Å². The highest BCUT2D eigenvalue weighted by Crippen LogP contribution is 2.45. The van der Waals surface area contributed by atoms with Crippen LogP contribution in [0.15, 0.2) is 48.5 Å². The van der Waals surface area contributed by atoms with Gasteiger partial charge in [-0.25, -0.2) is 9.59 Å². The van der Waals surface area contributed by atoms with Crippen molar-refractivity contribution >= 4 is 11.9 Å². The van der Waals surface area contributed by atoms with Crippen molar-refractivity contribution in [3.05, 3.63) is 93.5 Å². The molecule has 4 rings (SSSR count). The standard InChI is InChI=1S/C21H19F7O5.C17H11F7O5/c1-10-11(20(23,24)25)6-7-12(15(10)18(29)33-19(2,3)4)31-14-9-8-13(32-21(26,27)28)16(22)17(14)30-5;1-7-8(16(19,20)21)3-4-9(12(7)15(25)26)28-11-6-5-10(29-17(22,23)24)13(18)14(11)27-2/h6-9H,1-5H3;3-6H,1-2H3,(H,25,26). The van der Waals surface area contributed by atoms with Gasteiger partial charge in [0.2, 0.25) is 23.1 Å². The number of esters is 1. The van der Waals surface area contributed by atoms with Crippen molar-refractivity contribution in [2.24, 2.45) is 0 Å². The molecule has 0 saturated carbocycles. The summed E-state index contributed by atoms with van der Waals surface area (Å²) in [5.41, 5.74) is -6.09. The Morgan fingerprint density at radius 2 is 0.839 bits per heavy atom. The van der Waals surface area contributed by atoms with Gasteiger partial charge in [-0.1, -0.05) is 0 Å². The Bertz CT molecular complexity index is 2290. The van der Waals surface area contributed by atoms with Crippen LogP contribution in [0.5, 0.6) is 46.0 Å². The van der Waals surface area contributed by atoms with E-state index in [-0.39, 0.29) is 0 Å². The van der Waals surface area contributed by atoms with Crippen molar-refractivity contribution in [1.82, 2.24) is 0 Å². The predicted octanol–water partition coefficient (Wildman–Crippen LogP) is 12.4. The fourth-order valence-corrected chi connectivity index (χ4v) is 5.23. The Morgan fingerprint density at radius 1 is 0.516 bits per heavy atom. The van der Waals surface area contributed by atoms with Gasteiger partial charge in [0, 0.05) is 0 Å². The smallest absolute Gasteiger partial charge is 0.490 e. The lowest BCUT2D eigenvalue weighted by Gasteiger charge is -2.23. The average molecular weight is 913 g/mol. The number of carbonyl (C=O) groups is 2. The lowest BCUT2D eigenvalue weighted by Crippen LogP contribution is -2.25. The number of carbonyl (C=O) groups excluding carboxylic acids is 1. The maximum absolute atomic E-state index is 14.5. The fourth-order valence-electron chi connectivity index (χ4n) is 5.23. The first kappa shape index (κ1) is 50.0. The van der Waals surface area contributed by atoms with E-state index in [1.807, 2.05) is 0 Å². The van der Waals surface area contributed by atoms with Crippen molar-refractivity contribution in [3.63, 3.8) is 0 Å². The molecule has 0 atom stereocenters. The molecule has 0 spiro atoms. The molecule has 0 aromatic heterocycles. The molecule has 0 amide bonds. The van der Waals surface area contributed by atoms with Crippen LogP contribution in [-0.2, 0) is 17.1 Å². The monoisotopic (exact) mass is 912 g/mol. The van der Waals surface area contributed by atoms with Gasteiger partial charge < -0.3 is 38.3 Å². The molecule has 0 aliphatic rings. The summed E-state index contributed by atoms with van der Waals surface area (Å²) in [5.74, 6) is -12.4. The summed E-state index contributed by atoms with van der Waals surface area (Å²) in [4.78, 5) is 24.1. The molecule has 0 aliphatic heterocycles. The van der Waals surface area contributed by atoms with Gasteiger partial charge in [-0.3, -0.25) is 0 Å². The number of alkyl halides is 12. The molecule has 1 N–H and O–H groups in total. The molecule has 0 unspecified atom stereocenters. The number of rotatable bonds is 10. The Morgan fingerprint density at radius 3 is 1.15 bits per heavy atom. The summed E-state index contributed by atoms with van der Waals surface area (Å²) in [7, 11) is 1.81. The minimum atomic E-state index is -5.20. The van der Waals surface area contributed by atoms with Gasteiger partial charge in [0.05, 0.1) is 25.3 Å². The van der Waals surface area contributed by atoms with E-state index in [1.54, 1.807) is 0 Å². The highest BCUT2D eigenvalue weighted by Gasteiger charge is 2.39. The number of carboxylic acid groups (broad SMARTS) is 1. The molecule has 10 nitrogen and oxygen atoms in total. The lowest BCUT2D eigenvalue weighted by molar-refractivity contribution is -0.276. The molecule has 62 heavy (non-hydrogen) atoms. The molecule has 340 valence electrons. The highest BCUT2D eigenvalue weighted by molar-refractivity contribution is 5.95. The number of hydrogen-bond acceptors (Lipinski definition) is 9. The van der Waals surface area contributed by atoms with Gasteiger partial charge in [0.1, 0.15) is 28.2 Å². The topological polar surface area (TPSA) is 119 Å². The predicted molar refractivity (Wildman–Crippen MR) is 184 cm³/mol. The van der Waals surface area contributed by atoms with E-state index in [1.165, 1.54) is 20.8 Å². The number of halogens is 14. The fraction of sp³-hybridized carbons (Fsp3) is 0.316. The van der Waals surface area contributed by atoms with Crippen LogP contribution in [0.2, 0.25) is 0 Å². The molecule has 0 heterocycles. The SMILES string of the molecule is COc1c(Oc2ccc(C(F)(F)F)c(C)c2C(=O)O)ccc(OC(F)(F)F)c1F.COc1c(Oc2ccc(C(F)(F)F)c(C)c2C(=O)OC(C)(C)C)ccc(OC(F)(F)F)c1F. The zero-order valence-electron chi connectivity index (χ0n) is 32.5. The Balaban J connectivity index is 0.000000333. The molecular weight excluding hydrogens is 882 g/mol. The van der Waals surface area contributed by atoms with Crippen LogP contribution in [0.3, 0.4) is 0 Å². The summed E-state index contributed by atoms with van der Waals surface area (Å²) < 4.78 is 214. The molecule has 0 radical (unpaired) electrons. The van der Waals surface area contributed by atoms with Crippen molar-refractivity contribution in [2.75, 3.05) is 14.2 Å². The number of ether oxygens (including phenoxy) is 7. The lowest BCUT2D eigenvalue weighted by atomic mass is 10.0. The third-order valence-corrected chi connectivity index (χ3v) is 7.63. The number of benzene rings is 4. The van der Waals surface area contributed by atoms with Crippen LogP contribution in [0.1, 0.15) is 63.7 Å². The maximum Gasteiger partial charge on any atom is 0.573 e. The average Bonchev–Trinajstić information content (AvgIpc) is 3.08. The Hall–Kier alpha value is -6.36. The third-order valence-electron chi connectivity index (χ3n) is 7.63. The minimum absolute atomic E-state index is 0.461. The molecule has 0 fully saturated rings. The zero-order valence-corrected chi connectivity index (χ0v) is 32.5. The van der Waals surface area contributed by atoms with Crippen LogP contribution < -0.4 is 28.4 Å². The van der Waals surface area contributed by atoms with E-state index < -0.39 is 134 Å². The second kappa shape index (κ2) is 18.3. The van der Waals surface area contributed by atoms with Crippen LogP contribution in [0, 0.1) is 25.5 Å². The zero-order chi connectivity index (χ0) is 47.5. The first-order valence-corrected chi connectivity index (χ1v) is 16.7.